The predicted octanol–water partition coefficient (Wildman–Crippen LogP) is 0.112. The minimum absolute atomic E-state index is 0.0204. The molecule has 5 nitrogen and oxygen atoms in total. The van der Waals surface area contributed by atoms with E-state index in [4.69, 9.17) is 4.74 Å². The number of methoxy groups -OCH3 is 1. The summed E-state index contributed by atoms with van der Waals surface area (Å²) in [4.78, 5) is 22.7. The molecule has 0 aromatic heterocycles. The van der Waals surface area contributed by atoms with Gasteiger partial charge in [-0.1, -0.05) is 0 Å². The largest absolute Gasteiger partial charge is 0.485 e. The first-order chi connectivity index (χ1) is 7.22. The van der Waals surface area contributed by atoms with Crippen LogP contribution >= 0.6 is 0 Å². The summed E-state index contributed by atoms with van der Waals surface area (Å²) in [5.74, 6) is 0.0630. The second-order valence-corrected chi connectivity index (χ2v) is 3.62. The molecule has 82 valence electrons. The predicted molar refractivity (Wildman–Crippen MR) is 50.8 cm³/mol. The highest BCUT2D eigenvalue weighted by Gasteiger charge is 2.32. The molecule has 0 radical (unpaired) electrons. The zero-order valence-electron chi connectivity index (χ0n) is 8.54. The number of esters is 1. The highest BCUT2D eigenvalue weighted by Crippen LogP contribution is 2.24. The van der Waals surface area contributed by atoms with Crippen LogP contribution in [0.4, 0.5) is 0 Å². The van der Waals surface area contributed by atoms with E-state index in [1.54, 1.807) is 0 Å². The molecule has 0 bridgehead atoms. The van der Waals surface area contributed by atoms with E-state index in [1.807, 2.05) is 0 Å². The number of rotatable bonds is 1. The smallest absolute Gasteiger partial charge is 0.331 e. The maximum atomic E-state index is 11.4. The Balaban J connectivity index is 2.13. The lowest BCUT2D eigenvalue weighted by atomic mass is 9.99. The molecule has 0 saturated heterocycles. The average molecular weight is 211 g/mol. The third kappa shape index (κ3) is 1.82. The Hall–Kier alpha value is -1.52. The van der Waals surface area contributed by atoms with Crippen molar-refractivity contribution in [3.8, 4) is 0 Å². The van der Waals surface area contributed by atoms with Crippen molar-refractivity contribution >= 4 is 11.8 Å². The van der Waals surface area contributed by atoms with Crippen molar-refractivity contribution in [2.24, 2.45) is 0 Å². The molecule has 0 saturated carbocycles. The number of hydrogen-bond donors (Lipinski definition) is 1. The van der Waals surface area contributed by atoms with E-state index in [2.05, 4.69) is 10.1 Å². The van der Waals surface area contributed by atoms with Crippen LogP contribution in [0.1, 0.15) is 19.3 Å². The summed E-state index contributed by atoms with van der Waals surface area (Å²) in [5.41, 5.74) is 0.743. The van der Waals surface area contributed by atoms with Gasteiger partial charge in [-0.05, 0) is 12.8 Å². The lowest BCUT2D eigenvalue weighted by Crippen LogP contribution is -2.46. The van der Waals surface area contributed by atoms with Crippen LogP contribution in [0.3, 0.4) is 0 Å². The lowest BCUT2D eigenvalue weighted by molar-refractivity contribution is -0.145. The van der Waals surface area contributed by atoms with Crippen LogP contribution in [0.25, 0.3) is 0 Å². The number of allylic oxidation sites excluding steroid dienone is 2. The quantitative estimate of drug-likeness (QED) is 0.624. The molecule has 1 aliphatic carbocycles. The Morgan fingerprint density at radius 3 is 3.07 bits per heavy atom. The fourth-order valence-corrected chi connectivity index (χ4v) is 1.81. The van der Waals surface area contributed by atoms with Gasteiger partial charge in [0.1, 0.15) is 6.61 Å². The van der Waals surface area contributed by atoms with Crippen LogP contribution < -0.4 is 5.32 Å². The van der Waals surface area contributed by atoms with E-state index in [0.29, 0.717) is 12.2 Å². The molecular formula is C10H13NO4. The van der Waals surface area contributed by atoms with Gasteiger partial charge in [-0.3, -0.25) is 4.79 Å². The summed E-state index contributed by atoms with van der Waals surface area (Å²) in [7, 11) is 1.33. The van der Waals surface area contributed by atoms with E-state index in [1.165, 1.54) is 7.11 Å². The zero-order chi connectivity index (χ0) is 10.8. The molecule has 15 heavy (non-hydrogen) atoms. The summed E-state index contributed by atoms with van der Waals surface area (Å²) in [5, 5.41) is 3.00. The zero-order valence-corrected chi connectivity index (χ0v) is 8.54. The molecule has 1 heterocycles. The second-order valence-electron chi connectivity index (χ2n) is 3.62. The van der Waals surface area contributed by atoms with Gasteiger partial charge in [-0.2, -0.15) is 0 Å². The minimum atomic E-state index is -0.486. The van der Waals surface area contributed by atoms with Crippen LogP contribution in [0, 0.1) is 0 Å². The first kappa shape index (κ1) is 10.0. The molecule has 0 aromatic rings. The van der Waals surface area contributed by atoms with Crippen molar-refractivity contribution < 1.29 is 19.1 Å². The van der Waals surface area contributed by atoms with Gasteiger partial charge in [0.15, 0.2) is 17.6 Å². The maximum Gasteiger partial charge on any atom is 0.331 e. The molecule has 1 atom stereocenters. The molecule has 2 aliphatic rings. The third-order valence-electron chi connectivity index (χ3n) is 2.59. The Kier molecular flexibility index (Phi) is 2.62. The van der Waals surface area contributed by atoms with Crippen LogP contribution in [0.2, 0.25) is 0 Å². The van der Waals surface area contributed by atoms with Gasteiger partial charge in [0.2, 0.25) is 0 Å². The summed E-state index contributed by atoms with van der Waals surface area (Å²) < 4.78 is 9.90. The molecule has 0 amide bonds. The molecule has 1 unspecified atom stereocenters. The van der Waals surface area contributed by atoms with Gasteiger partial charge in [-0.25, -0.2) is 4.79 Å². The SMILES string of the molecule is COC(=O)C1COC2=C(CCCC2=O)N1. The number of nitrogens with one attached hydrogen (secondary N) is 1. The van der Waals surface area contributed by atoms with Gasteiger partial charge in [-0.15, -0.1) is 0 Å². The van der Waals surface area contributed by atoms with Crippen LogP contribution in [0.15, 0.2) is 11.5 Å². The summed E-state index contributed by atoms with van der Waals surface area (Å²) >= 11 is 0. The third-order valence-corrected chi connectivity index (χ3v) is 2.59. The van der Waals surface area contributed by atoms with Crippen molar-refractivity contribution in [1.29, 1.82) is 0 Å². The summed E-state index contributed by atoms with van der Waals surface area (Å²) in [6.45, 7) is 0.164. The van der Waals surface area contributed by atoms with Gasteiger partial charge < -0.3 is 14.8 Å². The highest BCUT2D eigenvalue weighted by molar-refractivity contribution is 5.95. The van der Waals surface area contributed by atoms with Crippen LogP contribution in [-0.2, 0) is 19.1 Å². The number of Topliss-reactive ketones (excluding diaryl/α,β-unsaturated/α-hetero) is 1. The number of carbonyl (C=O) groups excluding carboxylic acids is 2. The monoisotopic (exact) mass is 211 g/mol. The molecule has 0 aromatic carbocycles. The maximum absolute atomic E-state index is 11.4. The van der Waals surface area contributed by atoms with Gasteiger partial charge >= 0.3 is 5.97 Å². The van der Waals surface area contributed by atoms with E-state index >= 15 is 0 Å². The number of carbonyl (C=O) groups is 2. The fraction of sp³-hybridized carbons (Fsp3) is 0.600. The molecular weight excluding hydrogens is 198 g/mol. The summed E-state index contributed by atoms with van der Waals surface area (Å²) in [6.07, 6.45) is 2.10. The van der Waals surface area contributed by atoms with Crippen molar-refractivity contribution in [3.63, 3.8) is 0 Å². The van der Waals surface area contributed by atoms with Crippen molar-refractivity contribution in [2.75, 3.05) is 13.7 Å². The summed E-state index contributed by atoms with van der Waals surface area (Å²) in [6, 6.07) is -0.486. The van der Waals surface area contributed by atoms with E-state index in [-0.39, 0.29) is 18.4 Å². The first-order valence-electron chi connectivity index (χ1n) is 4.96. The van der Waals surface area contributed by atoms with E-state index in [0.717, 1.165) is 18.5 Å². The number of hydrogen-bond acceptors (Lipinski definition) is 5. The van der Waals surface area contributed by atoms with Gasteiger partial charge in [0.05, 0.1) is 12.8 Å². The second kappa shape index (κ2) is 3.92. The Morgan fingerprint density at radius 2 is 2.33 bits per heavy atom. The van der Waals surface area contributed by atoms with Gasteiger partial charge in [0, 0.05) is 6.42 Å². The van der Waals surface area contributed by atoms with Crippen molar-refractivity contribution in [3.05, 3.63) is 11.5 Å². The molecule has 2 rings (SSSR count). The molecule has 0 fully saturated rings. The van der Waals surface area contributed by atoms with E-state index in [9.17, 15) is 9.59 Å². The fourth-order valence-electron chi connectivity index (χ4n) is 1.81. The van der Waals surface area contributed by atoms with Crippen LogP contribution in [-0.4, -0.2) is 31.5 Å². The Morgan fingerprint density at radius 1 is 1.53 bits per heavy atom. The van der Waals surface area contributed by atoms with Crippen molar-refractivity contribution in [2.45, 2.75) is 25.3 Å². The molecule has 5 heteroatoms. The Labute approximate surface area is 87.4 Å². The number of ether oxygens (including phenoxy) is 2. The highest BCUT2D eigenvalue weighted by atomic mass is 16.5. The van der Waals surface area contributed by atoms with Crippen molar-refractivity contribution in [1.82, 2.24) is 5.32 Å². The first-order valence-corrected chi connectivity index (χ1v) is 4.96. The Bertz CT molecular complexity index is 334. The standard InChI is InChI=1S/C10H13NO4/c1-14-10(13)7-5-15-9-6(11-7)3-2-4-8(9)12/h7,11H,2-5H2,1H3. The number of ketones is 1. The van der Waals surface area contributed by atoms with Gasteiger partial charge in [0.25, 0.3) is 0 Å². The normalized spacial score (nSPS) is 25.1. The topological polar surface area (TPSA) is 64.6 Å². The average Bonchev–Trinajstić information content (AvgIpc) is 2.28. The van der Waals surface area contributed by atoms with E-state index < -0.39 is 6.04 Å². The molecule has 0 spiro atoms. The molecule has 1 N–H and O–H groups in total. The van der Waals surface area contributed by atoms with Crippen LogP contribution in [0.5, 0.6) is 0 Å². The minimum Gasteiger partial charge on any atom is -0.485 e. The molecule has 1 aliphatic heterocycles. The lowest BCUT2D eigenvalue weighted by Gasteiger charge is -2.29.